The quantitative estimate of drug-likeness (QED) is 0.758. The molecule has 2 aliphatic heterocycles. The molecule has 1 unspecified atom stereocenters. The van der Waals surface area contributed by atoms with E-state index in [0.29, 0.717) is 31.1 Å². The molecule has 1 fully saturated rings. The number of hydrogen-bond donors (Lipinski definition) is 0. The highest BCUT2D eigenvalue weighted by atomic mass is 16.5. The molecule has 0 N–H and O–H groups in total. The van der Waals surface area contributed by atoms with Gasteiger partial charge in [0, 0.05) is 31.7 Å². The number of carbonyl (C=O) groups is 2. The Hall–Kier alpha value is -3.22. The van der Waals surface area contributed by atoms with Gasteiger partial charge >= 0.3 is 0 Å². The summed E-state index contributed by atoms with van der Waals surface area (Å²) in [6.45, 7) is 1.55. The van der Waals surface area contributed by atoms with Crippen molar-refractivity contribution in [2.75, 3.05) is 39.3 Å². The molecular formula is C23H26N2O5. The van der Waals surface area contributed by atoms with E-state index in [1.807, 2.05) is 41.3 Å². The van der Waals surface area contributed by atoms with E-state index in [-0.39, 0.29) is 24.2 Å². The number of hydrogen-bond acceptors (Lipinski definition) is 5. The molecule has 1 atom stereocenters. The number of benzene rings is 2. The normalized spacial score (nSPS) is 18.2. The van der Waals surface area contributed by atoms with Crippen molar-refractivity contribution in [3.05, 3.63) is 47.5 Å². The zero-order valence-electron chi connectivity index (χ0n) is 17.5. The minimum Gasteiger partial charge on any atom is -0.497 e. The molecule has 158 valence electrons. The highest BCUT2D eigenvalue weighted by molar-refractivity contribution is 6.00. The lowest BCUT2D eigenvalue weighted by Gasteiger charge is -2.31. The van der Waals surface area contributed by atoms with Gasteiger partial charge in [0.25, 0.3) is 0 Å². The Morgan fingerprint density at radius 1 is 0.967 bits per heavy atom. The van der Waals surface area contributed by atoms with Crippen LogP contribution in [0.5, 0.6) is 17.2 Å². The summed E-state index contributed by atoms with van der Waals surface area (Å²) >= 11 is 0. The molecule has 30 heavy (non-hydrogen) atoms. The third-order valence-electron chi connectivity index (χ3n) is 5.89. The predicted molar refractivity (Wildman–Crippen MR) is 112 cm³/mol. The van der Waals surface area contributed by atoms with Gasteiger partial charge in [-0.3, -0.25) is 9.59 Å². The van der Waals surface area contributed by atoms with Crippen LogP contribution in [0.15, 0.2) is 36.4 Å². The summed E-state index contributed by atoms with van der Waals surface area (Å²) in [4.78, 5) is 29.3. The Bertz CT molecular complexity index is 957. The van der Waals surface area contributed by atoms with Gasteiger partial charge in [0.2, 0.25) is 11.8 Å². The molecule has 2 aromatic carbocycles. The Labute approximate surface area is 176 Å². The first kappa shape index (κ1) is 20.1. The molecule has 1 saturated heterocycles. The van der Waals surface area contributed by atoms with Gasteiger partial charge in [-0.05, 0) is 53.9 Å². The van der Waals surface area contributed by atoms with Gasteiger partial charge in [0.05, 0.1) is 27.2 Å². The first-order valence-electron chi connectivity index (χ1n) is 10.0. The SMILES string of the molecule is COc1ccc(N2CC(C(=O)N3CCc4cc(OC)c(OC)cc4C3)CC2=O)cc1. The summed E-state index contributed by atoms with van der Waals surface area (Å²) < 4.78 is 16.0. The van der Waals surface area contributed by atoms with E-state index >= 15 is 0 Å². The van der Waals surface area contributed by atoms with Crippen LogP contribution in [0.25, 0.3) is 0 Å². The molecule has 0 saturated carbocycles. The van der Waals surface area contributed by atoms with Crippen molar-refractivity contribution in [2.24, 2.45) is 5.92 Å². The van der Waals surface area contributed by atoms with Crippen molar-refractivity contribution in [1.82, 2.24) is 4.90 Å². The monoisotopic (exact) mass is 410 g/mol. The average Bonchev–Trinajstić information content (AvgIpc) is 3.18. The zero-order chi connectivity index (χ0) is 21.3. The van der Waals surface area contributed by atoms with Gasteiger partial charge in [-0.25, -0.2) is 0 Å². The fraction of sp³-hybridized carbons (Fsp3) is 0.391. The first-order valence-corrected chi connectivity index (χ1v) is 10.0. The number of ether oxygens (including phenoxy) is 3. The summed E-state index contributed by atoms with van der Waals surface area (Å²) in [5.74, 6) is 1.76. The number of fused-ring (bicyclic) bond motifs is 1. The van der Waals surface area contributed by atoms with E-state index in [4.69, 9.17) is 14.2 Å². The molecule has 0 spiro atoms. The minimum atomic E-state index is -0.332. The van der Waals surface area contributed by atoms with Crippen molar-refractivity contribution in [3.63, 3.8) is 0 Å². The van der Waals surface area contributed by atoms with Gasteiger partial charge in [0.1, 0.15) is 5.75 Å². The van der Waals surface area contributed by atoms with E-state index < -0.39 is 0 Å². The fourth-order valence-corrected chi connectivity index (χ4v) is 4.21. The van der Waals surface area contributed by atoms with E-state index in [1.54, 1.807) is 26.2 Å². The van der Waals surface area contributed by atoms with Gasteiger partial charge in [-0.1, -0.05) is 0 Å². The smallest absolute Gasteiger partial charge is 0.228 e. The lowest BCUT2D eigenvalue weighted by atomic mass is 9.97. The van der Waals surface area contributed by atoms with E-state index in [9.17, 15) is 9.59 Å². The number of amides is 2. The van der Waals surface area contributed by atoms with Crippen LogP contribution in [0.1, 0.15) is 17.5 Å². The second-order valence-electron chi connectivity index (χ2n) is 7.59. The second-order valence-corrected chi connectivity index (χ2v) is 7.59. The first-order chi connectivity index (χ1) is 14.5. The molecule has 2 aliphatic rings. The van der Waals surface area contributed by atoms with Crippen LogP contribution in [0.2, 0.25) is 0 Å². The summed E-state index contributed by atoms with van der Waals surface area (Å²) in [5, 5.41) is 0. The second kappa shape index (κ2) is 8.26. The third kappa shape index (κ3) is 3.67. The molecule has 4 rings (SSSR count). The summed E-state index contributed by atoms with van der Waals surface area (Å²) in [6, 6.07) is 11.3. The largest absolute Gasteiger partial charge is 0.497 e. The van der Waals surface area contributed by atoms with E-state index in [0.717, 1.165) is 23.4 Å². The van der Waals surface area contributed by atoms with Crippen LogP contribution in [0, 0.1) is 5.92 Å². The molecule has 0 radical (unpaired) electrons. The number of methoxy groups -OCH3 is 3. The number of anilines is 1. The number of nitrogens with zero attached hydrogens (tertiary/aromatic N) is 2. The molecule has 0 aromatic heterocycles. The van der Waals surface area contributed by atoms with Crippen LogP contribution in [0.3, 0.4) is 0 Å². The van der Waals surface area contributed by atoms with Crippen LogP contribution >= 0.6 is 0 Å². The maximum atomic E-state index is 13.2. The van der Waals surface area contributed by atoms with Crippen LogP contribution in [-0.4, -0.2) is 51.1 Å². The fourth-order valence-electron chi connectivity index (χ4n) is 4.21. The summed E-state index contributed by atoms with van der Waals surface area (Å²) in [6.07, 6.45) is 0.991. The van der Waals surface area contributed by atoms with Crippen LogP contribution in [-0.2, 0) is 22.6 Å². The van der Waals surface area contributed by atoms with Crippen LogP contribution < -0.4 is 19.1 Å². The topological polar surface area (TPSA) is 68.3 Å². The van der Waals surface area contributed by atoms with Gasteiger partial charge in [-0.15, -0.1) is 0 Å². The van der Waals surface area contributed by atoms with Gasteiger partial charge in [-0.2, -0.15) is 0 Å². The van der Waals surface area contributed by atoms with Gasteiger partial charge in [0.15, 0.2) is 11.5 Å². The highest BCUT2D eigenvalue weighted by Crippen LogP contribution is 2.34. The molecule has 0 aliphatic carbocycles. The molecule has 2 aromatic rings. The Morgan fingerprint density at radius 2 is 1.63 bits per heavy atom. The maximum Gasteiger partial charge on any atom is 0.228 e. The third-order valence-corrected chi connectivity index (χ3v) is 5.89. The molecule has 2 amide bonds. The van der Waals surface area contributed by atoms with Crippen molar-refractivity contribution in [3.8, 4) is 17.2 Å². The molecule has 2 heterocycles. The molecular weight excluding hydrogens is 384 g/mol. The lowest BCUT2D eigenvalue weighted by Crippen LogP contribution is -2.40. The average molecular weight is 410 g/mol. The minimum absolute atomic E-state index is 0.0256. The Kier molecular flexibility index (Phi) is 5.53. The van der Waals surface area contributed by atoms with E-state index in [1.165, 1.54) is 5.56 Å². The maximum absolute atomic E-state index is 13.2. The standard InChI is InChI=1S/C23H26N2O5/c1-28-19-6-4-18(5-7-19)25-14-17(12-22(25)26)23(27)24-9-8-15-10-20(29-2)21(30-3)11-16(15)13-24/h4-7,10-11,17H,8-9,12-14H2,1-3H3. The molecule has 7 heteroatoms. The van der Waals surface area contributed by atoms with Crippen molar-refractivity contribution >= 4 is 17.5 Å². The number of rotatable bonds is 5. The summed E-state index contributed by atoms with van der Waals surface area (Å²) in [5.41, 5.74) is 3.01. The van der Waals surface area contributed by atoms with Gasteiger partial charge < -0.3 is 24.0 Å². The van der Waals surface area contributed by atoms with Crippen LogP contribution in [0.4, 0.5) is 5.69 Å². The van der Waals surface area contributed by atoms with Crippen molar-refractivity contribution < 1.29 is 23.8 Å². The van der Waals surface area contributed by atoms with Crippen molar-refractivity contribution in [2.45, 2.75) is 19.4 Å². The lowest BCUT2D eigenvalue weighted by molar-refractivity contribution is -0.136. The predicted octanol–water partition coefficient (Wildman–Crippen LogP) is 2.65. The zero-order valence-corrected chi connectivity index (χ0v) is 17.5. The molecule has 7 nitrogen and oxygen atoms in total. The van der Waals surface area contributed by atoms with Crippen molar-refractivity contribution in [1.29, 1.82) is 0 Å². The van der Waals surface area contributed by atoms with E-state index in [2.05, 4.69) is 0 Å². The molecule has 0 bridgehead atoms. The highest BCUT2D eigenvalue weighted by Gasteiger charge is 2.38. The Morgan fingerprint density at radius 3 is 2.27 bits per heavy atom. The number of carbonyl (C=O) groups excluding carboxylic acids is 2. The Balaban J connectivity index is 1.47. The summed E-state index contributed by atoms with van der Waals surface area (Å²) in [7, 11) is 4.83.